The molecule has 128 valence electrons. The monoisotopic (exact) mass is 365 g/mol. The van der Waals surface area contributed by atoms with Crippen molar-refractivity contribution in [2.24, 2.45) is 0 Å². The number of rotatable bonds is 5. The third-order valence-electron chi connectivity index (χ3n) is 4.28. The number of hydrogen-bond donors (Lipinski definition) is 1. The molecule has 0 saturated carbocycles. The number of benzene rings is 2. The van der Waals surface area contributed by atoms with Crippen molar-refractivity contribution in [3.8, 4) is 5.75 Å². The van der Waals surface area contributed by atoms with Crippen LogP contribution in [0.2, 0.25) is 10.0 Å². The molecule has 3 rings (SSSR count). The fourth-order valence-electron chi connectivity index (χ4n) is 3.23. The molecule has 0 saturated heterocycles. The minimum atomic E-state index is 0.144. The van der Waals surface area contributed by atoms with Crippen LogP contribution in [0.5, 0.6) is 5.75 Å². The molecule has 0 spiro atoms. The Morgan fingerprint density at radius 3 is 2.62 bits per heavy atom. The lowest BCUT2D eigenvalue weighted by molar-refractivity contribution is 0.233. The zero-order chi connectivity index (χ0) is 17.1. The van der Waals surface area contributed by atoms with Crippen LogP contribution in [0.15, 0.2) is 36.4 Å². The van der Waals surface area contributed by atoms with Crippen molar-refractivity contribution in [2.75, 3.05) is 26.8 Å². The van der Waals surface area contributed by atoms with E-state index in [0.29, 0.717) is 23.1 Å². The van der Waals surface area contributed by atoms with Crippen molar-refractivity contribution in [3.63, 3.8) is 0 Å². The van der Waals surface area contributed by atoms with Crippen LogP contribution >= 0.6 is 23.2 Å². The normalized spacial score (nSPS) is 17.6. The van der Waals surface area contributed by atoms with Gasteiger partial charge >= 0.3 is 0 Å². The summed E-state index contributed by atoms with van der Waals surface area (Å²) in [5, 5.41) is 10.2. The number of hydrogen-bond acceptors (Lipinski definition) is 3. The molecule has 1 N–H and O–H groups in total. The van der Waals surface area contributed by atoms with Crippen molar-refractivity contribution < 1.29 is 9.84 Å². The molecule has 0 aromatic heterocycles. The van der Waals surface area contributed by atoms with Crippen LogP contribution in [0.1, 0.15) is 29.0 Å². The van der Waals surface area contributed by atoms with E-state index in [2.05, 4.69) is 24.1 Å². The predicted octanol–water partition coefficient (Wildman–Crippen LogP) is 4.33. The topological polar surface area (TPSA) is 32.7 Å². The van der Waals surface area contributed by atoms with E-state index in [4.69, 9.17) is 33.0 Å². The summed E-state index contributed by atoms with van der Waals surface area (Å²) in [6.45, 7) is 2.48. The van der Waals surface area contributed by atoms with Gasteiger partial charge in [0.25, 0.3) is 0 Å². The van der Waals surface area contributed by atoms with Crippen LogP contribution in [-0.2, 0) is 6.54 Å². The SMILES string of the molecule is CN1Cc2cc(OCCCO)ccc2C(c2cc(Cl)cc(Cl)c2)C1. The smallest absolute Gasteiger partial charge is 0.119 e. The third kappa shape index (κ3) is 4.04. The minimum absolute atomic E-state index is 0.144. The average molecular weight is 366 g/mol. The highest BCUT2D eigenvalue weighted by Gasteiger charge is 2.25. The summed E-state index contributed by atoms with van der Waals surface area (Å²) in [5.74, 6) is 1.09. The molecule has 1 aliphatic heterocycles. The van der Waals surface area contributed by atoms with E-state index in [1.165, 1.54) is 11.1 Å². The van der Waals surface area contributed by atoms with Crippen LogP contribution in [-0.4, -0.2) is 36.8 Å². The summed E-state index contributed by atoms with van der Waals surface area (Å²) >= 11 is 12.4. The number of likely N-dealkylation sites (N-methyl/N-ethyl adjacent to an activating group) is 1. The van der Waals surface area contributed by atoms with Gasteiger partial charge in [-0.3, -0.25) is 0 Å². The van der Waals surface area contributed by atoms with Gasteiger partial charge in [-0.2, -0.15) is 0 Å². The molecule has 24 heavy (non-hydrogen) atoms. The second-order valence-electron chi connectivity index (χ2n) is 6.24. The van der Waals surface area contributed by atoms with Crippen molar-refractivity contribution in [2.45, 2.75) is 18.9 Å². The van der Waals surface area contributed by atoms with Crippen molar-refractivity contribution in [1.82, 2.24) is 4.90 Å². The fourth-order valence-corrected chi connectivity index (χ4v) is 3.77. The number of aliphatic hydroxyl groups excluding tert-OH is 1. The average Bonchev–Trinajstić information content (AvgIpc) is 2.53. The quantitative estimate of drug-likeness (QED) is 0.800. The first-order valence-corrected chi connectivity index (χ1v) is 8.83. The fraction of sp³-hybridized carbons (Fsp3) is 0.368. The zero-order valence-electron chi connectivity index (χ0n) is 13.6. The molecule has 1 aliphatic rings. The summed E-state index contributed by atoms with van der Waals surface area (Å²) in [5.41, 5.74) is 3.68. The number of fused-ring (bicyclic) bond motifs is 1. The number of aliphatic hydroxyl groups is 1. The summed E-state index contributed by atoms with van der Waals surface area (Å²) in [6, 6.07) is 12.0. The molecule has 2 aromatic carbocycles. The Hall–Kier alpha value is -1.26. The van der Waals surface area contributed by atoms with Crippen LogP contribution < -0.4 is 4.74 Å². The standard InChI is InChI=1S/C19H21Cl2NO2/c1-22-11-14-9-17(24-6-2-5-23)3-4-18(14)19(12-22)13-7-15(20)10-16(21)8-13/h3-4,7-10,19,23H,2,5-6,11-12H2,1H3. The molecule has 0 radical (unpaired) electrons. The van der Waals surface area contributed by atoms with Crippen LogP contribution in [0.3, 0.4) is 0 Å². The molecule has 1 heterocycles. The summed E-state index contributed by atoms with van der Waals surface area (Å²) in [6.07, 6.45) is 0.640. The Kier molecular flexibility index (Phi) is 5.67. The highest BCUT2D eigenvalue weighted by atomic mass is 35.5. The molecular weight excluding hydrogens is 345 g/mol. The van der Waals surface area contributed by atoms with Crippen molar-refractivity contribution in [1.29, 1.82) is 0 Å². The van der Waals surface area contributed by atoms with E-state index in [0.717, 1.165) is 24.4 Å². The van der Waals surface area contributed by atoms with E-state index in [1.54, 1.807) is 6.07 Å². The van der Waals surface area contributed by atoms with Gasteiger partial charge in [-0.25, -0.2) is 0 Å². The maximum absolute atomic E-state index is 8.87. The molecule has 5 heteroatoms. The molecule has 3 nitrogen and oxygen atoms in total. The molecule has 2 aromatic rings. The number of nitrogens with zero attached hydrogens (tertiary/aromatic N) is 1. The Bertz CT molecular complexity index is 700. The Labute approximate surface area is 152 Å². The van der Waals surface area contributed by atoms with Crippen LogP contribution in [0.25, 0.3) is 0 Å². The first-order chi connectivity index (χ1) is 11.6. The largest absolute Gasteiger partial charge is 0.493 e. The molecule has 0 amide bonds. The maximum atomic E-state index is 8.87. The van der Waals surface area contributed by atoms with Gasteiger partial charge in [0, 0.05) is 42.1 Å². The molecule has 0 fully saturated rings. The van der Waals surface area contributed by atoms with Crippen LogP contribution in [0, 0.1) is 0 Å². The molecule has 1 unspecified atom stereocenters. The zero-order valence-corrected chi connectivity index (χ0v) is 15.1. The van der Waals surface area contributed by atoms with Gasteiger partial charge in [0.05, 0.1) is 6.61 Å². The second-order valence-corrected chi connectivity index (χ2v) is 7.11. The van der Waals surface area contributed by atoms with Crippen molar-refractivity contribution >= 4 is 23.2 Å². The second kappa shape index (κ2) is 7.75. The van der Waals surface area contributed by atoms with E-state index in [9.17, 15) is 0 Å². The van der Waals surface area contributed by atoms with Crippen molar-refractivity contribution in [3.05, 3.63) is 63.1 Å². The lowest BCUT2D eigenvalue weighted by Crippen LogP contribution is -2.31. The number of ether oxygens (including phenoxy) is 1. The summed E-state index contributed by atoms with van der Waals surface area (Å²) < 4.78 is 5.71. The Balaban J connectivity index is 1.91. The lowest BCUT2D eigenvalue weighted by atomic mass is 9.85. The van der Waals surface area contributed by atoms with Gasteiger partial charge in [0.2, 0.25) is 0 Å². The molecule has 0 aliphatic carbocycles. The third-order valence-corrected chi connectivity index (χ3v) is 4.72. The van der Waals surface area contributed by atoms with E-state index in [-0.39, 0.29) is 12.5 Å². The first kappa shape index (κ1) is 17.6. The summed E-state index contributed by atoms with van der Waals surface area (Å²) in [7, 11) is 2.11. The van der Waals surface area contributed by atoms with E-state index < -0.39 is 0 Å². The first-order valence-electron chi connectivity index (χ1n) is 8.08. The highest BCUT2D eigenvalue weighted by Crippen LogP contribution is 2.36. The van der Waals surface area contributed by atoms with Gasteiger partial charge < -0.3 is 14.7 Å². The molecule has 0 bridgehead atoms. The lowest BCUT2D eigenvalue weighted by Gasteiger charge is -2.33. The molecular formula is C19H21Cl2NO2. The molecule has 1 atom stereocenters. The highest BCUT2D eigenvalue weighted by molar-refractivity contribution is 6.34. The van der Waals surface area contributed by atoms with Crippen LogP contribution in [0.4, 0.5) is 0 Å². The minimum Gasteiger partial charge on any atom is -0.493 e. The number of halogens is 2. The Morgan fingerprint density at radius 1 is 1.17 bits per heavy atom. The predicted molar refractivity (Wildman–Crippen MR) is 98.3 cm³/mol. The summed E-state index contributed by atoms with van der Waals surface area (Å²) in [4.78, 5) is 2.29. The van der Waals surface area contributed by atoms with Gasteiger partial charge in [0.15, 0.2) is 0 Å². The van der Waals surface area contributed by atoms with E-state index in [1.807, 2.05) is 18.2 Å². The van der Waals surface area contributed by atoms with Gasteiger partial charge in [-0.1, -0.05) is 29.3 Å². The van der Waals surface area contributed by atoms with Gasteiger partial charge in [-0.15, -0.1) is 0 Å². The maximum Gasteiger partial charge on any atom is 0.119 e. The van der Waals surface area contributed by atoms with E-state index >= 15 is 0 Å². The van der Waals surface area contributed by atoms with Gasteiger partial charge in [-0.05, 0) is 54.1 Å². The Morgan fingerprint density at radius 2 is 1.92 bits per heavy atom. The van der Waals surface area contributed by atoms with Gasteiger partial charge in [0.1, 0.15) is 5.75 Å².